The fourth-order valence-corrected chi connectivity index (χ4v) is 2.71. The Labute approximate surface area is 122 Å². The first-order valence-corrected chi connectivity index (χ1v) is 7.80. The largest absolute Gasteiger partial charge is 0.311 e. The summed E-state index contributed by atoms with van der Waals surface area (Å²) in [5, 5.41) is 6.90. The summed E-state index contributed by atoms with van der Waals surface area (Å²) < 4.78 is 0. The van der Waals surface area contributed by atoms with Crippen LogP contribution in [0.3, 0.4) is 0 Å². The minimum atomic E-state index is 0.182. The molecule has 1 aromatic heterocycles. The predicted molar refractivity (Wildman–Crippen MR) is 84.7 cm³/mol. The highest BCUT2D eigenvalue weighted by atomic mass is 32.1. The maximum absolute atomic E-state index is 4.53. The molecular weight excluding hydrogens is 254 g/mol. The third-order valence-corrected chi connectivity index (χ3v) is 3.72. The van der Waals surface area contributed by atoms with Gasteiger partial charge in [-0.1, -0.05) is 13.8 Å². The first kappa shape index (κ1) is 16.6. The Morgan fingerprint density at radius 1 is 1.26 bits per heavy atom. The second-order valence-electron chi connectivity index (χ2n) is 7.30. The highest BCUT2D eigenvalue weighted by Crippen LogP contribution is 2.18. The van der Waals surface area contributed by atoms with Gasteiger partial charge in [-0.15, -0.1) is 11.3 Å². The highest BCUT2D eigenvalue weighted by molar-refractivity contribution is 7.09. The topological polar surface area (TPSA) is 28.2 Å². The van der Waals surface area contributed by atoms with Crippen LogP contribution >= 0.6 is 11.3 Å². The van der Waals surface area contributed by atoms with Gasteiger partial charge in [0, 0.05) is 30.6 Å². The van der Waals surface area contributed by atoms with Crippen molar-refractivity contribution in [2.24, 2.45) is 5.41 Å². The minimum Gasteiger partial charge on any atom is -0.311 e. The van der Waals surface area contributed by atoms with E-state index in [2.05, 4.69) is 69.2 Å². The number of hydrogen-bond acceptors (Lipinski definition) is 4. The van der Waals surface area contributed by atoms with Crippen molar-refractivity contribution in [2.45, 2.75) is 53.6 Å². The molecular formula is C15H29N3S. The van der Waals surface area contributed by atoms with Crippen molar-refractivity contribution in [2.75, 3.05) is 20.1 Å². The summed E-state index contributed by atoms with van der Waals surface area (Å²) in [6.45, 7) is 16.3. The van der Waals surface area contributed by atoms with Crippen molar-refractivity contribution in [3.05, 3.63) is 16.1 Å². The van der Waals surface area contributed by atoms with Crippen LogP contribution in [0.1, 0.15) is 45.3 Å². The van der Waals surface area contributed by atoms with Crippen LogP contribution in [0.15, 0.2) is 5.38 Å². The van der Waals surface area contributed by atoms with Crippen molar-refractivity contribution < 1.29 is 0 Å². The zero-order valence-corrected chi connectivity index (χ0v) is 14.3. The van der Waals surface area contributed by atoms with E-state index in [9.17, 15) is 0 Å². The molecule has 0 saturated carbocycles. The van der Waals surface area contributed by atoms with Crippen LogP contribution < -0.4 is 5.32 Å². The van der Waals surface area contributed by atoms with Crippen LogP contribution in [-0.2, 0) is 6.54 Å². The zero-order valence-electron chi connectivity index (χ0n) is 13.5. The summed E-state index contributed by atoms with van der Waals surface area (Å²) in [5.74, 6) is 0. The lowest BCUT2D eigenvalue weighted by atomic mass is 9.91. The average molecular weight is 283 g/mol. The van der Waals surface area contributed by atoms with E-state index in [0.717, 1.165) is 24.6 Å². The number of aryl methyl sites for hydroxylation is 1. The SMILES string of the molecule is Cc1nc(CN(C)CC(C)(C)CNC(C)(C)C)cs1. The normalized spacial score (nSPS) is 13.3. The highest BCUT2D eigenvalue weighted by Gasteiger charge is 2.22. The lowest BCUT2D eigenvalue weighted by molar-refractivity contribution is 0.185. The monoisotopic (exact) mass is 283 g/mol. The van der Waals surface area contributed by atoms with Gasteiger partial charge in [0.15, 0.2) is 0 Å². The molecule has 0 aliphatic carbocycles. The van der Waals surface area contributed by atoms with E-state index < -0.39 is 0 Å². The van der Waals surface area contributed by atoms with Crippen LogP contribution in [0.4, 0.5) is 0 Å². The quantitative estimate of drug-likeness (QED) is 0.868. The van der Waals surface area contributed by atoms with E-state index in [1.807, 2.05) is 0 Å². The number of hydrogen-bond donors (Lipinski definition) is 1. The molecule has 0 bridgehead atoms. The Balaban J connectivity index is 2.43. The molecule has 19 heavy (non-hydrogen) atoms. The van der Waals surface area contributed by atoms with Gasteiger partial charge in [0.1, 0.15) is 0 Å². The molecule has 110 valence electrons. The number of aromatic nitrogens is 1. The van der Waals surface area contributed by atoms with E-state index in [1.54, 1.807) is 11.3 Å². The van der Waals surface area contributed by atoms with Gasteiger partial charge in [-0.25, -0.2) is 4.98 Å². The molecule has 0 aliphatic heterocycles. The third kappa shape index (κ3) is 7.04. The lowest BCUT2D eigenvalue weighted by Crippen LogP contribution is -2.45. The zero-order chi connectivity index (χ0) is 14.7. The Bertz CT molecular complexity index is 390. The summed E-state index contributed by atoms with van der Waals surface area (Å²) in [7, 11) is 2.17. The summed E-state index contributed by atoms with van der Waals surface area (Å²) in [6.07, 6.45) is 0. The minimum absolute atomic E-state index is 0.182. The molecule has 1 aromatic rings. The van der Waals surface area contributed by atoms with Crippen molar-refractivity contribution in [1.82, 2.24) is 15.2 Å². The number of rotatable bonds is 6. The van der Waals surface area contributed by atoms with Gasteiger partial charge >= 0.3 is 0 Å². The van der Waals surface area contributed by atoms with E-state index in [1.165, 1.54) is 5.69 Å². The fourth-order valence-electron chi connectivity index (χ4n) is 2.10. The molecule has 0 spiro atoms. The van der Waals surface area contributed by atoms with E-state index in [0.29, 0.717) is 0 Å². The van der Waals surface area contributed by atoms with Gasteiger partial charge in [-0.05, 0) is 40.2 Å². The average Bonchev–Trinajstić information content (AvgIpc) is 2.59. The van der Waals surface area contributed by atoms with Crippen LogP contribution in [0.5, 0.6) is 0 Å². The molecule has 0 atom stereocenters. The number of nitrogens with one attached hydrogen (secondary N) is 1. The molecule has 1 heterocycles. The Morgan fingerprint density at radius 3 is 2.37 bits per heavy atom. The van der Waals surface area contributed by atoms with Crippen molar-refractivity contribution in [1.29, 1.82) is 0 Å². The molecule has 0 saturated heterocycles. The first-order chi connectivity index (χ1) is 8.57. The van der Waals surface area contributed by atoms with Crippen LogP contribution in [-0.4, -0.2) is 35.6 Å². The molecule has 0 amide bonds. The van der Waals surface area contributed by atoms with Crippen LogP contribution in [0.25, 0.3) is 0 Å². The number of nitrogens with zero attached hydrogens (tertiary/aromatic N) is 2. The van der Waals surface area contributed by atoms with Gasteiger partial charge in [0.2, 0.25) is 0 Å². The van der Waals surface area contributed by atoms with Gasteiger partial charge in [0.05, 0.1) is 10.7 Å². The standard InChI is InChI=1S/C15H29N3S/c1-12-17-13(9-19-12)8-18(7)11-15(5,6)10-16-14(2,3)4/h9,16H,8,10-11H2,1-7H3. The Morgan fingerprint density at radius 2 is 1.89 bits per heavy atom. The van der Waals surface area contributed by atoms with E-state index in [4.69, 9.17) is 0 Å². The summed E-state index contributed by atoms with van der Waals surface area (Å²) in [4.78, 5) is 6.89. The van der Waals surface area contributed by atoms with E-state index in [-0.39, 0.29) is 11.0 Å². The van der Waals surface area contributed by atoms with Crippen molar-refractivity contribution in [3.8, 4) is 0 Å². The van der Waals surface area contributed by atoms with Gasteiger partial charge in [0.25, 0.3) is 0 Å². The second kappa shape index (κ2) is 6.33. The number of thiazole rings is 1. The van der Waals surface area contributed by atoms with Crippen LogP contribution in [0.2, 0.25) is 0 Å². The van der Waals surface area contributed by atoms with Crippen molar-refractivity contribution >= 4 is 11.3 Å². The molecule has 1 N–H and O–H groups in total. The summed E-state index contributed by atoms with van der Waals surface area (Å²) in [6, 6.07) is 0. The molecule has 0 fully saturated rings. The lowest BCUT2D eigenvalue weighted by Gasteiger charge is -2.33. The summed E-state index contributed by atoms with van der Waals surface area (Å²) in [5.41, 5.74) is 1.62. The molecule has 0 aromatic carbocycles. The summed E-state index contributed by atoms with van der Waals surface area (Å²) >= 11 is 1.73. The Hall–Kier alpha value is -0.450. The Kier molecular flexibility index (Phi) is 5.53. The first-order valence-electron chi connectivity index (χ1n) is 6.92. The molecule has 0 radical (unpaired) electrons. The third-order valence-electron chi connectivity index (χ3n) is 2.89. The van der Waals surface area contributed by atoms with Crippen molar-refractivity contribution in [3.63, 3.8) is 0 Å². The predicted octanol–water partition coefficient (Wildman–Crippen LogP) is 3.30. The van der Waals surface area contributed by atoms with Gasteiger partial charge in [-0.3, -0.25) is 4.90 Å². The van der Waals surface area contributed by atoms with Gasteiger partial charge in [-0.2, -0.15) is 0 Å². The molecule has 3 nitrogen and oxygen atoms in total. The smallest absolute Gasteiger partial charge is 0.0897 e. The molecule has 1 rings (SSSR count). The maximum Gasteiger partial charge on any atom is 0.0897 e. The maximum atomic E-state index is 4.53. The van der Waals surface area contributed by atoms with E-state index >= 15 is 0 Å². The van der Waals surface area contributed by atoms with Gasteiger partial charge < -0.3 is 5.32 Å². The molecule has 4 heteroatoms. The van der Waals surface area contributed by atoms with Crippen LogP contribution in [0, 0.1) is 12.3 Å². The molecule has 0 aliphatic rings. The molecule has 0 unspecified atom stereocenters. The second-order valence-corrected chi connectivity index (χ2v) is 8.36. The fraction of sp³-hybridized carbons (Fsp3) is 0.800.